The molecule has 1 aliphatic heterocycles. The molecule has 5 aromatic rings. The fourth-order valence-electron chi connectivity index (χ4n) is 4.37. The largest absolute Gasteiger partial charge is 0.497 e. The summed E-state index contributed by atoms with van der Waals surface area (Å²) in [5, 5.41) is 14.3. The van der Waals surface area contributed by atoms with E-state index in [0.29, 0.717) is 17.2 Å². The van der Waals surface area contributed by atoms with Gasteiger partial charge in [0, 0.05) is 42.8 Å². The lowest BCUT2D eigenvalue weighted by Crippen LogP contribution is -2.35. The van der Waals surface area contributed by atoms with E-state index in [-0.39, 0.29) is 6.61 Å². The Hall–Kier alpha value is -4.08. The number of rotatable bonds is 7. The van der Waals surface area contributed by atoms with E-state index in [1.54, 1.807) is 17.8 Å². The number of pyridine rings is 1. The van der Waals surface area contributed by atoms with E-state index in [1.807, 2.05) is 36.4 Å². The first-order valence-corrected chi connectivity index (χ1v) is 11.9. The number of morpholine rings is 1. The number of hydrogen-bond donors (Lipinski definition) is 0. The number of aromatic nitrogens is 5. The summed E-state index contributed by atoms with van der Waals surface area (Å²) in [6, 6.07) is 20.0. The lowest BCUT2D eigenvalue weighted by molar-refractivity contribution is 0.0342. The van der Waals surface area contributed by atoms with Gasteiger partial charge in [0.15, 0.2) is 11.5 Å². The van der Waals surface area contributed by atoms with Gasteiger partial charge in [0.2, 0.25) is 0 Å². The van der Waals surface area contributed by atoms with Crippen LogP contribution in [-0.2, 0) is 17.9 Å². The Morgan fingerprint density at radius 2 is 1.81 bits per heavy atom. The van der Waals surface area contributed by atoms with Gasteiger partial charge in [-0.25, -0.2) is 0 Å². The average Bonchev–Trinajstić information content (AvgIpc) is 3.34. The first-order valence-electron chi connectivity index (χ1n) is 11.9. The Bertz CT molecular complexity index is 1500. The molecule has 1 saturated heterocycles. The molecule has 6 rings (SSSR count). The Labute approximate surface area is 208 Å². The van der Waals surface area contributed by atoms with E-state index in [0.717, 1.165) is 60.8 Å². The van der Waals surface area contributed by atoms with Crippen molar-refractivity contribution in [3.63, 3.8) is 0 Å². The molecular weight excluding hydrogens is 456 g/mol. The van der Waals surface area contributed by atoms with Gasteiger partial charge in [-0.3, -0.25) is 9.88 Å². The molecule has 0 spiro atoms. The SMILES string of the molecule is COc1ccc2c(OCc3nnc4ccc(-c5ccc(CN6CCOCC6)cc5)nn34)ccnc2c1. The van der Waals surface area contributed by atoms with E-state index in [9.17, 15) is 0 Å². The second kappa shape index (κ2) is 9.88. The monoisotopic (exact) mass is 482 g/mol. The van der Waals surface area contributed by atoms with Gasteiger partial charge in [0.25, 0.3) is 0 Å². The van der Waals surface area contributed by atoms with E-state index in [2.05, 4.69) is 44.3 Å². The predicted molar refractivity (Wildman–Crippen MR) is 135 cm³/mol. The van der Waals surface area contributed by atoms with Crippen LogP contribution in [0.4, 0.5) is 0 Å². The van der Waals surface area contributed by atoms with E-state index < -0.39 is 0 Å². The van der Waals surface area contributed by atoms with Crippen LogP contribution in [0.2, 0.25) is 0 Å². The van der Waals surface area contributed by atoms with Crippen LogP contribution in [0.5, 0.6) is 11.5 Å². The van der Waals surface area contributed by atoms with Crippen LogP contribution < -0.4 is 9.47 Å². The number of ether oxygens (including phenoxy) is 3. The van der Waals surface area contributed by atoms with Crippen molar-refractivity contribution in [2.24, 2.45) is 0 Å². The first kappa shape index (κ1) is 22.4. The van der Waals surface area contributed by atoms with Crippen molar-refractivity contribution >= 4 is 16.6 Å². The molecule has 9 heteroatoms. The van der Waals surface area contributed by atoms with Gasteiger partial charge < -0.3 is 14.2 Å². The predicted octanol–water partition coefficient (Wildman–Crippen LogP) is 3.76. The number of benzene rings is 2. The molecule has 0 saturated carbocycles. The summed E-state index contributed by atoms with van der Waals surface area (Å²) in [6.45, 7) is 4.71. The van der Waals surface area contributed by atoms with E-state index in [4.69, 9.17) is 19.3 Å². The topological polar surface area (TPSA) is 86.9 Å². The lowest BCUT2D eigenvalue weighted by atomic mass is 10.1. The minimum absolute atomic E-state index is 0.223. The molecule has 0 N–H and O–H groups in total. The second-order valence-electron chi connectivity index (χ2n) is 8.67. The fourth-order valence-corrected chi connectivity index (χ4v) is 4.37. The normalized spacial score (nSPS) is 14.4. The summed E-state index contributed by atoms with van der Waals surface area (Å²) >= 11 is 0. The number of methoxy groups -OCH3 is 1. The van der Waals surface area contributed by atoms with Crippen molar-refractivity contribution in [1.82, 2.24) is 29.7 Å². The van der Waals surface area contributed by atoms with Crippen LogP contribution in [0.15, 0.2) is 66.9 Å². The number of hydrogen-bond acceptors (Lipinski definition) is 8. The molecule has 0 radical (unpaired) electrons. The van der Waals surface area contributed by atoms with Crippen LogP contribution >= 0.6 is 0 Å². The van der Waals surface area contributed by atoms with Crippen LogP contribution in [0.1, 0.15) is 11.4 Å². The Balaban J connectivity index is 1.21. The van der Waals surface area contributed by atoms with Crippen LogP contribution in [0.25, 0.3) is 27.8 Å². The minimum Gasteiger partial charge on any atom is -0.497 e. The third-order valence-electron chi connectivity index (χ3n) is 6.35. The van der Waals surface area contributed by atoms with Crippen molar-refractivity contribution < 1.29 is 14.2 Å². The summed E-state index contributed by atoms with van der Waals surface area (Å²) in [7, 11) is 1.64. The highest BCUT2D eigenvalue weighted by Gasteiger charge is 2.13. The maximum Gasteiger partial charge on any atom is 0.192 e. The standard InChI is InChI=1S/C27H26N6O3/c1-34-21-6-7-22-24(16-21)28-11-10-25(22)36-18-27-30-29-26-9-8-23(31-33(26)27)20-4-2-19(3-5-20)17-32-12-14-35-15-13-32/h2-11,16H,12-15,17-18H2,1H3. The van der Waals surface area contributed by atoms with Crippen molar-refractivity contribution in [1.29, 1.82) is 0 Å². The Kier molecular flexibility index (Phi) is 6.15. The summed E-state index contributed by atoms with van der Waals surface area (Å²) in [6.07, 6.45) is 1.72. The zero-order valence-electron chi connectivity index (χ0n) is 20.0. The molecule has 0 aliphatic carbocycles. The quantitative estimate of drug-likeness (QED) is 0.347. The molecule has 182 valence electrons. The lowest BCUT2D eigenvalue weighted by Gasteiger charge is -2.26. The van der Waals surface area contributed by atoms with Gasteiger partial charge in [-0.05, 0) is 35.9 Å². The molecule has 0 amide bonds. The van der Waals surface area contributed by atoms with Crippen LogP contribution in [0, 0.1) is 0 Å². The Morgan fingerprint density at radius 1 is 0.944 bits per heavy atom. The molecule has 1 fully saturated rings. The Morgan fingerprint density at radius 3 is 2.64 bits per heavy atom. The van der Waals surface area contributed by atoms with Gasteiger partial charge in [0.05, 0.1) is 31.5 Å². The molecule has 9 nitrogen and oxygen atoms in total. The second-order valence-corrected chi connectivity index (χ2v) is 8.67. The van der Waals surface area contributed by atoms with E-state index in [1.165, 1.54) is 5.56 Å². The van der Waals surface area contributed by atoms with Crippen LogP contribution in [0.3, 0.4) is 0 Å². The highest BCUT2D eigenvalue weighted by atomic mass is 16.5. The molecule has 3 aromatic heterocycles. The van der Waals surface area contributed by atoms with Crippen LogP contribution in [-0.4, -0.2) is 63.1 Å². The highest BCUT2D eigenvalue weighted by molar-refractivity contribution is 5.85. The average molecular weight is 483 g/mol. The molecule has 36 heavy (non-hydrogen) atoms. The molecular formula is C27H26N6O3. The highest BCUT2D eigenvalue weighted by Crippen LogP contribution is 2.28. The maximum atomic E-state index is 6.12. The van der Waals surface area contributed by atoms with Crippen molar-refractivity contribution in [2.75, 3.05) is 33.4 Å². The molecule has 2 aromatic carbocycles. The zero-order valence-corrected chi connectivity index (χ0v) is 20.0. The van der Waals surface area contributed by atoms with Gasteiger partial charge in [-0.2, -0.15) is 9.61 Å². The molecule has 0 atom stereocenters. The number of fused-ring (bicyclic) bond motifs is 2. The molecule has 0 bridgehead atoms. The van der Waals surface area contributed by atoms with Gasteiger partial charge in [-0.15, -0.1) is 10.2 Å². The number of nitrogens with zero attached hydrogens (tertiary/aromatic N) is 6. The van der Waals surface area contributed by atoms with Crippen molar-refractivity contribution in [3.8, 4) is 22.8 Å². The summed E-state index contributed by atoms with van der Waals surface area (Å²) in [5.41, 5.74) is 4.64. The minimum atomic E-state index is 0.223. The summed E-state index contributed by atoms with van der Waals surface area (Å²) < 4.78 is 18.6. The summed E-state index contributed by atoms with van der Waals surface area (Å²) in [4.78, 5) is 6.83. The van der Waals surface area contributed by atoms with Crippen molar-refractivity contribution in [2.45, 2.75) is 13.2 Å². The molecule has 1 aliphatic rings. The third-order valence-corrected chi connectivity index (χ3v) is 6.35. The maximum absolute atomic E-state index is 6.12. The fraction of sp³-hybridized carbons (Fsp3) is 0.259. The summed E-state index contributed by atoms with van der Waals surface area (Å²) in [5.74, 6) is 2.09. The third kappa shape index (κ3) is 4.58. The van der Waals surface area contributed by atoms with Gasteiger partial charge in [-0.1, -0.05) is 24.3 Å². The molecule has 0 unspecified atom stereocenters. The molecule has 4 heterocycles. The smallest absolute Gasteiger partial charge is 0.192 e. The van der Waals surface area contributed by atoms with E-state index >= 15 is 0 Å². The van der Waals surface area contributed by atoms with Crippen molar-refractivity contribution in [3.05, 3.63) is 78.2 Å². The van der Waals surface area contributed by atoms with Gasteiger partial charge in [0.1, 0.15) is 18.1 Å². The first-order chi connectivity index (χ1) is 17.8. The van der Waals surface area contributed by atoms with Gasteiger partial charge >= 0.3 is 0 Å². The zero-order chi connectivity index (χ0) is 24.3.